The zero-order valence-electron chi connectivity index (χ0n) is 12.2. The second-order valence-corrected chi connectivity index (χ2v) is 5.42. The van der Waals surface area contributed by atoms with Gasteiger partial charge in [-0.15, -0.1) is 0 Å². The van der Waals surface area contributed by atoms with Crippen LogP contribution in [0, 0.1) is 5.92 Å². The van der Waals surface area contributed by atoms with E-state index in [1.807, 2.05) is 24.3 Å². The lowest BCUT2D eigenvalue weighted by atomic mass is 10.0. The second-order valence-electron chi connectivity index (χ2n) is 5.42. The summed E-state index contributed by atoms with van der Waals surface area (Å²) < 4.78 is 5.07. The Morgan fingerprint density at radius 2 is 2.10 bits per heavy atom. The third kappa shape index (κ3) is 4.94. The highest BCUT2D eigenvalue weighted by molar-refractivity contribution is 5.75. The molecule has 0 saturated carbocycles. The van der Waals surface area contributed by atoms with Crippen molar-refractivity contribution in [2.24, 2.45) is 5.92 Å². The van der Waals surface area contributed by atoms with Crippen LogP contribution in [0.25, 0.3) is 0 Å². The van der Waals surface area contributed by atoms with Gasteiger partial charge in [0.2, 0.25) is 5.91 Å². The fraction of sp³-hybridized carbons (Fsp3) is 0.562. The Kier molecular flexibility index (Phi) is 6.02. The molecule has 0 radical (unpaired) electrons. The molecule has 1 aromatic carbocycles. The number of nitrogens with one attached hydrogen (secondary N) is 2. The highest BCUT2D eigenvalue weighted by Crippen LogP contribution is 2.14. The summed E-state index contributed by atoms with van der Waals surface area (Å²) in [4.78, 5) is 11.8. The summed E-state index contributed by atoms with van der Waals surface area (Å²) in [5.74, 6) is 0.826. The van der Waals surface area contributed by atoms with E-state index in [-0.39, 0.29) is 5.91 Å². The molecular weight excluding hydrogens is 252 g/mol. The quantitative estimate of drug-likeness (QED) is 0.799. The van der Waals surface area contributed by atoms with Crippen molar-refractivity contribution >= 4 is 5.91 Å². The van der Waals surface area contributed by atoms with E-state index in [9.17, 15) is 4.79 Å². The van der Waals surface area contributed by atoms with Gasteiger partial charge >= 0.3 is 0 Å². The zero-order valence-corrected chi connectivity index (χ0v) is 12.2. The third-order valence-electron chi connectivity index (χ3n) is 3.77. The van der Waals surface area contributed by atoms with E-state index >= 15 is 0 Å². The van der Waals surface area contributed by atoms with E-state index in [0.29, 0.717) is 25.5 Å². The molecule has 4 heteroatoms. The molecular formula is C16H24N2O2. The van der Waals surface area contributed by atoms with Crippen LogP contribution in [-0.4, -0.2) is 26.1 Å². The molecule has 1 fully saturated rings. The van der Waals surface area contributed by atoms with Crippen molar-refractivity contribution in [1.82, 2.24) is 10.6 Å². The van der Waals surface area contributed by atoms with Crippen LogP contribution < -0.4 is 10.6 Å². The Hall–Kier alpha value is -1.39. The molecule has 4 nitrogen and oxygen atoms in total. The molecule has 2 N–H and O–H groups in total. The van der Waals surface area contributed by atoms with Crippen LogP contribution in [0.5, 0.6) is 0 Å². The molecule has 1 heterocycles. The highest BCUT2D eigenvalue weighted by atomic mass is 16.5. The summed E-state index contributed by atoms with van der Waals surface area (Å²) in [6, 6.07) is 8.15. The number of hydrogen-bond donors (Lipinski definition) is 2. The number of carbonyl (C=O) groups excluding carboxylic acids is 1. The smallest absolute Gasteiger partial charge is 0.220 e. The van der Waals surface area contributed by atoms with Crippen molar-refractivity contribution in [3.8, 4) is 0 Å². The Bertz CT molecular complexity index is 411. The Labute approximate surface area is 120 Å². The Balaban J connectivity index is 1.66. The molecule has 20 heavy (non-hydrogen) atoms. The van der Waals surface area contributed by atoms with Gasteiger partial charge in [0.25, 0.3) is 0 Å². The van der Waals surface area contributed by atoms with Gasteiger partial charge in [-0.3, -0.25) is 4.79 Å². The fourth-order valence-corrected chi connectivity index (χ4v) is 2.51. The molecule has 0 spiro atoms. The predicted molar refractivity (Wildman–Crippen MR) is 79.2 cm³/mol. The first-order valence-corrected chi connectivity index (χ1v) is 7.32. The van der Waals surface area contributed by atoms with Gasteiger partial charge in [0.1, 0.15) is 0 Å². The maximum absolute atomic E-state index is 11.8. The molecule has 1 atom stereocenters. The standard InChI is InChI=1S/C16H24N2O2/c1-20-12-15-4-2-13(3-5-15)11-18-16(19)7-6-14-8-9-17-10-14/h2-5,14,17H,6-12H2,1H3,(H,18,19)/t14-/m1/s1. The van der Waals surface area contributed by atoms with Gasteiger partial charge in [0.05, 0.1) is 6.61 Å². The summed E-state index contributed by atoms with van der Waals surface area (Å²) in [6.45, 7) is 3.39. The van der Waals surface area contributed by atoms with Gasteiger partial charge in [0.15, 0.2) is 0 Å². The first kappa shape index (κ1) is 15.0. The third-order valence-corrected chi connectivity index (χ3v) is 3.77. The van der Waals surface area contributed by atoms with Crippen LogP contribution in [0.3, 0.4) is 0 Å². The van der Waals surface area contributed by atoms with Gasteiger partial charge in [-0.1, -0.05) is 24.3 Å². The van der Waals surface area contributed by atoms with Gasteiger partial charge in [-0.25, -0.2) is 0 Å². The van der Waals surface area contributed by atoms with Crippen molar-refractivity contribution in [1.29, 1.82) is 0 Å². The van der Waals surface area contributed by atoms with Crippen molar-refractivity contribution in [3.05, 3.63) is 35.4 Å². The molecule has 0 aliphatic carbocycles. The lowest BCUT2D eigenvalue weighted by Gasteiger charge is -2.09. The summed E-state index contributed by atoms with van der Waals surface area (Å²) in [5, 5.41) is 6.31. The van der Waals surface area contributed by atoms with E-state index < -0.39 is 0 Å². The predicted octanol–water partition coefficient (Wildman–Crippen LogP) is 1.84. The molecule has 1 saturated heterocycles. The van der Waals surface area contributed by atoms with E-state index in [0.717, 1.165) is 30.6 Å². The highest BCUT2D eigenvalue weighted by Gasteiger charge is 2.15. The molecule has 1 amide bonds. The second kappa shape index (κ2) is 8.02. The van der Waals surface area contributed by atoms with Gasteiger partial charge in [0, 0.05) is 20.1 Å². The van der Waals surface area contributed by atoms with E-state index in [1.165, 1.54) is 6.42 Å². The molecule has 2 rings (SSSR count). The van der Waals surface area contributed by atoms with E-state index in [4.69, 9.17) is 4.74 Å². The van der Waals surface area contributed by atoms with Gasteiger partial charge in [-0.05, 0) is 43.0 Å². The largest absolute Gasteiger partial charge is 0.380 e. The van der Waals surface area contributed by atoms with Crippen LogP contribution in [0.1, 0.15) is 30.4 Å². The minimum Gasteiger partial charge on any atom is -0.380 e. The number of amides is 1. The summed E-state index contributed by atoms with van der Waals surface area (Å²) in [6.07, 6.45) is 2.83. The summed E-state index contributed by atoms with van der Waals surface area (Å²) in [7, 11) is 1.69. The molecule has 1 aliphatic heterocycles. The minimum absolute atomic E-state index is 0.151. The first-order chi connectivity index (χ1) is 9.78. The van der Waals surface area contributed by atoms with Crippen LogP contribution >= 0.6 is 0 Å². The van der Waals surface area contributed by atoms with Crippen molar-refractivity contribution in [2.45, 2.75) is 32.4 Å². The van der Waals surface area contributed by atoms with Gasteiger partial charge in [-0.2, -0.15) is 0 Å². The summed E-state index contributed by atoms with van der Waals surface area (Å²) in [5.41, 5.74) is 2.28. The number of rotatable bonds is 7. The minimum atomic E-state index is 0.151. The summed E-state index contributed by atoms with van der Waals surface area (Å²) >= 11 is 0. The first-order valence-electron chi connectivity index (χ1n) is 7.32. The normalized spacial score (nSPS) is 18.1. The Morgan fingerprint density at radius 1 is 1.35 bits per heavy atom. The lowest BCUT2D eigenvalue weighted by molar-refractivity contribution is -0.121. The SMILES string of the molecule is COCc1ccc(CNC(=O)CC[C@@H]2CCNC2)cc1. The average molecular weight is 276 g/mol. The van der Waals surface area contributed by atoms with Crippen LogP contribution in [-0.2, 0) is 22.7 Å². The zero-order chi connectivity index (χ0) is 14.2. The maximum Gasteiger partial charge on any atom is 0.220 e. The molecule has 0 unspecified atom stereocenters. The molecule has 1 aliphatic rings. The van der Waals surface area contributed by atoms with Crippen LogP contribution in [0.15, 0.2) is 24.3 Å². The van der Waals surface area contributed by atoms with E-state index in [2.05, 4.69) is 10.6 Å². The Morgan fingerprint density at radius 3 is 2.75 bits per heavy atom. The van der Waals surface area contributed by atoms with Crippen molar-refractivity contribution in [3.63, 3.8) is 0 Å². The van der Waals surface area contributed by atoms with Crippen LogP contribution in [0.2, 0.25) is 0 Å². The van der Waals surface area contributed by atoms with Crippen molar-refractivity contribution in [2.75, 3.05) is 20.2 Å². The molecule has 0 bridgehead atoms. The number of carbonyl (C=O) groups is 1. The molecule has 0 aromatic heterocycles. The molecule has 1 aromatic rings. The number of ether oxygens (including phenoxy) is 1. The average Bonchev–Trinajstić information content (AvgIpc) is 2.98. The van der Waals surface area contributed by atoms with Crippen LogP contribution in [0.4, 0.5) is 0 Å². The van der Waals surface area contributed by atoms with E-state index in [1.54, 1.807) is 7.11 Å². The maximum atomic E-state index is 11.8. The number of hydrogen-bond acceptors (Lipinski definition) is 3. The fourth-order valence-electron chi connectivity index (χ4n) is 2.51. The van der Waals surface area contributed by atoms with Gasteiger partial charge < -0.3 is 15.4 Å². The van der Waals surface area contributed by atoms with Crippen molar-refractivity contribution < 1.29 is 9.53 Å². The monoisotopic (exact) mass is 276 g/mol. The molecule has 110 valence electrons. The number of methoxy groups -OCH3 is 1. The number of benzene rings is 1. The topological polar surface area (TPSA) is 50.4 Å². The lowest BCUT2D eigenvalue weighted by Crippen LogP contribution is -2.23.